The molecule has 0 N–H and O–H groups in total. The summed E-state index contributed by atoms with van der Waals surface area (Å²) in [6.07, 6.45) is 0. The highest BCUT2D eigenvalue weighted by atomic mass is 32.1. The van der Waals surface area contributed by atoms with Gasteiger partial charge in [0.15, 0.2) is 11.6 Å². The Morgan fingerprint density at radius 3 is 1.48 bits per heavy atom. The molecule has 0 aliphatic rings. The van der Waals surface area contributed by atoms with Crippen molar-refractivity contribution < 1.29 is 0 Å². The molecule has 0 unspecified atom stereocenters. The molecule has 0 radical (unpaired) electrons. The van der Waals surface area contributed by atoms with Crippen LogP contribution < -0.4 is 0 Å². The van der Waals surface area contributed by atoms with Crippen LogP contribution in [0.4, 0.5) is 0 Å². The molecule has 5 nitrogen and oxygen atoms in total. The number of para-hydroxylation sites is 2. The van der Waals surface area contributed by atoms with Gasteiger partial charge in [-0.2, -0.15) is 0 Å². The van der Waals surface area contributed by atoms with Crippen LogP contribution in [0, 0.1) is 0 Å². The highest BCUT2D eigenvalue weighted by molar-refractivity contribution is 7.26. The number of aromatic nitrogens is 5. The Balaban J connectivity index is 0.976. The van der Waals surface area contributed by atoms with E-state index < -0.39 is 0 Å². The van der Waals surface area contributed by atoms with Gasteiger partial charge < -0.3 is 9.13 Å². The van der Waals surface area contributed by atoms with E-state index in [2.05, 4.69) is 190 Å². The van der Waals surface area contributed by atoms with Crippen molar-refractivity contribution in [2.24, 2.45) is 0 Å². The first-order valence-electron chi connectivity index (χ1n) is 20.9. The standard InChI is InChI=1S/C56H35N5S/c1-3-15-36(16-4-1)55-57-58-56(37-17-5-2-6-18-37)61(55)42-29-30-44-43-23-7-10-26-48(43)60(51(44)35-42)41-22-14-20-39(34-41)38-19-13-21-40(33-38)59-49-27-11-8-25-47(49)53-50(59)32-31-46-45-24-9-12-28-52(45)62-54(46)53/h1-35H. The lowest BCUT2D eigenvalue weighted by Crippen LogP contribution is -2.01. The van der Waals surface area contributed by atoms with E-state index in [9.17, 15) is 0 Å². The van der Waals surface area contributed by atoms with E-state index in [4.69, 9.17) is 10.2 Å². The third kappa shape index (κ3) is 5.27. The van der Waals surface area contributed by atoms with E-state index in [1.165, 1.54) is 52.8 Å². The van der Waals surface area contributed by atoms with Gasteiger partial charge in [0.25, 0.3) is 0 Å². The predicted octanol–water partition coefficient (Wildman–Crippen LogP) is 14.8. The Bertz CT molecular complexity index is 3810. The molecule has 62 heavy (non-hydrogen) atoms. The second kappa shape index (κ2) is 13.7. The smallest absolute Gasteiger partial charge is 0.168 e. The Hall–Kier alpha value is -8.06. The maximum atomic E-state index is 4.77. The monoisotopic (exact) mass is 809 g/mol. The van der Waals surface area contributed by atoms with Crippen LogP contribution in [0.1, 0.15) is 0 Å². The number of nitrogens with zero attached hydrogens (tertiary/aromatic N) is 5. The molecule has 9 aromatic carbocycles. The van der Waals surface area contributed by atoms with Gasteiger partial charge in [0.2, 0.25) is 0 Å². The van der Waals surface area contributed by atoms with Gasteiger partial charge in [-0.1, -0.05) is 152 Å². The number of fused-ring (bicyclic) bond motifs is 10. The van der Waals surface area contributed by atoms with Crippen LogP contribution in [0.5, 0.6) is 0 Å². The SMILES string of the molecule is c1ccc(-c2nnc(-c3ccccc3)n2-c2ccc3c4ccccc4n(-c4cccc(-c5cccc(-n6c7ccccc7c7c8sc9ccccc9c8ccc76)c5)c4)c3c2)cc1. The molecule has 290 valence electrons. The van der Waals surface area contributed by atoms with Crippen LogP contribution in [0.25, 0.3) is 115 Å². The molecular formula is C56H35N5S. The van der Waals surface area contributed by atoms with E-state index >= 15 is 0 Å². The molecule has 0 fully saturated rings. The molecule has 0 spiro atoms. The molecule has 0 saturated carbocycles. The minimum atomic E-state index is 0.796. The van der Waals surface area contributed by atoms with Crippen molar-refractivity contribution in [2.45, 2.75) is 0 Å². The van der Waals surface area contributed by atoms with Crippen LogP contribution in [-0.4, -0.2) is 23.9 Å². The molecule has 6 heteroatoms. The number of benzene rings is 9. The fraction of sp³-hybridized carbons (Fsp3) is 0. The van der Waals surface area contributed by atoms with Crippen molar-refractivity contribution in [1.82, 2.24) is 23.9 Å². The molecule has 0 bridgehead atoms. The van der Waals surface area contributed by atoms with Crippen molar-refractivity contribution in [3.63, 3.8) is 0 Å². The van der Waals surface area contributed by atoms with E-state index in [-0.39, 0.29) is 0 Å². The fourth-order valence-corrected chi connectivity index (χ4v) is 10.9. The quantitative estimate of drug-likeness (QED) is 0.168. The second-order valence-electron chi connectivity index (χ2n) is 15.9. The van der Waals surface area contributed by atoms with Crippen molar-refractivity contribution in [3.8, 4) is 51.0 Å². The lowest BCUT2D eigenvalue weighted by atomic mass is 10.0. The first kappa shape index (κ1) is 34.8. The maximum Gasteiger partial charge on any atom is 0.168 e. The van der Waals surface area contributed by atoms with Gasteiger partial charge in [0.1, 0.15) is 0 Å². The highest BCUT2D eigenvalue weighted by Gasteiger charge is 2.21. The van der Waals surface area contributed by atoms with E-state index in [0.717, 1.165) is 62.0 Å². The molecule has 13 rings (SSSR count). The highest BCUT2D eigenvalue weighted by Crippen LogP contribution is 2.44. The predicted molar refractivity (Wildman–Crippen MR) is 259 cm³/mol. The topological polar surface area (TPSA) is 40.6 Å². The zero-order chi connectivity index (χ0) is 40.7. The molecule has 4 heterocycles. The third-order valence-electron chi connectivity index (χ3n) is 12.4. The summed E-state index contributed by atoms with van der Waals surface area (Å²) in [5.41, 5.74) is 12.2. The lowest BCUT2D eigenvalue weighted by Gasteiger charge is -2.14. The van der Waals surface area contributed by atoms with Crippen LogP contribution >= 0.6 is 11.3 Å². The average Bonchev–Trinajstić information content (AvgIpc) is 4.11. The van der Waals surface area contributed by atoms with E-state index in [0.29, 0.717) is 0 Å². The van der Waals surface area contributed by atoms with Crippen molar-refractivity contribution in [3.05, 3.63) is 212 Å². The molecular weight excluding hydrogens is 775 g/mol. The molecule has 0 amide bonds. The summed E-state index contributed by atoms with van der Waals surface area (Å²) in [6, 6.07) is 76.3. The number of hydrogen-bond acceptors (Lipinski definition) is 3. The summed E-state index contributed by atoms with van der Waals surface area (Å²) in [5.74, 6) is 1.59. The fourth-order valence-electron chi connectivity index (χ4n) is 9.62. The largest absolute Gasteiger partial charge is 0.309 e. The Morgan fingerprint density at radius 2 is 0.806 bits per heavy atom. The van der Waals surface area contributed by atoms with E-state index in [1.807, 2.05) is 47.7 Å². The van der Waals surface area contributed by atoms with Crippen molar-refractivity contribution in [1.29, 1.82) is 0 Å². The van der Waals surface area contributed by atoms with Crippen molar-refractivity contribution in [2.75, 3.05) is 0 Å². The Morgan fingerprint density at radius 1 is 0.306 bits per heavy atom. The first-order chi connectivity index (χ1) is 30.8. The maximum absolute atomic E-state index is 4.77. The van der Waals surface area contributed by atoms with Gasteiger partial charge >= 0.3 is 0 Å². The first-order valence-corrected chi connectivity index (χ1v) is 21.7. The van der Waals surface area contributed by atoms with E-state index in [1.54, 1.807) is 0 Å². The average molecular weight is 810 g/mol. The molecule has 4 aromatic heterocycles. The summed E-state index contributed by atoms with van der Waals surface area (Å²) in [6.45, 7) is 0. The second-order valence-corrected chi connectivity index (χ2v) is 16.9. The zero-order valence-electron chi connectivity index (χ0n) is 33.4. The zero-order valence-corrected chi connectivity index (χ0v) is 34.2. The van der Waals surface area contributed by atoms with Crippen LogP contribution in [0.2, 0.25) is 0 Å². The van der Waals surface area contributed by atoms with Crippen LogP contribution in [0.3, 0.4) is 0 Å². The van der Waals surface area contributed by atoms with Gasteiger partial charge in [-0.25, -0.2) is 0 Å². The Kier molecular flexibility index (Phi) is 7.71. The molecule has 13 aromatic rings. The summed E-state index contributed by atoms with van der Waals surface area (Å²) < 4.78 is 9.69. The van der Waals surface area contributed by atoms with Crippen molar-refractivity contribution >= 4 is 75.1 Å². The van der Waals surface area contributed by atoms with Gasteiger partial charge in [-0.3, -0.25) is 4.57 Å². The lowest BCUT2D eigenvalue weighted by molar-refractivity contribution is 1.07. The summed E-state index contributed by atoms with van der Waals surface area (Å²) in [7, 11) is 0. The summed E-state index contributed by atoms with van der Waals surface area (Å²) >= 11 is 1.89. The number of hydrogen-bond donors (Lipinski definition) is 0. The third-order valence-corrected chi connectivity index (χ3v) is 13.6. The molecule has 0 saturated heterocycles. The molecule has 0 atom stereocenters. The number of rotatable bonds is 6. The molecule has 0 aliphatic heterocycles. The summed E-state index contributed by atoms with van der Waals surface area (Å²) in [4.78, 5) is 0. The number of thiophene rings is 1. The van der Waals surface area contributed by atoms with Crippen LogP contribution in [0.15, 0.2) is 212 Å². The van der Waals surface area contributed by atoms with Gasteiger partial charge in [0.05, 0.1) is 27.8 Å². The van der Waals surface area contributed by atoms with Gasteiger partial charge in [-0.05, 0) is 71.8 Å². The van der Waals surface area contributed by atoms with Crippen LogP contribution in [-0.2, 0) is 0 Å². The van der Waals surface area contributed by atoms with Gasteiger partial charge in [0, 0.05) is 64.2 Å². The Labute approximate surface area is 360 Å². The normalized spacial score (nSPS) is 11.9. The molecule has 0 aliphatic carbocycles. The minimum absolute atomic E-state index is 0.796. The summed E-state index contributed by atoms with van der Waals surface area (Å²) in [5, 5.41) is 17.2. The minimum Gasteiger partial charge on any atom is -0.309 e. The van der Waals surface area contributed by atoms with Gasteiger partial charge in [-0.15, -0.1) is 21.5 Å².